The first-order valence-corrected chi connectivity index (χ1v) is 7.77. The summed E-state index contributed by atoms with van der Waals surface area (Å²) in [5, 5.41) is 2.97. The lowest BCUT2D eigenvalue weighted by Crippen LogP contribution is -2.53. The SMILES string of the molecule is CCc1ccc(NC(=O)CN2CCC(N)C(C)(C)C2)cc1. The Bertz CT molecular complexity index is 481. The molecule has 0 aliphatic carbocycles. The second kappa shape index (κ2) is 6.58. The summed E-state index contributed by atoms with van der Waals surface area (Å²) in [6.45, 7) is 8.67. The van der Waals surface area contributed by atoms with Crippen LogP contribution in [0, 0.1) is 5.41 Å². The number of aryl methyl sites for hydroxylation is 1. The molecule has 116 valence electrons. The highest BCUT2D eigenvalue weighted by molar-refractivity contribution is 5.92. The minimum atomic E-state index is 0.0468. The van der Waals surface area contributed by atoms with Crippen molar-refractivity contribution in [2.45, 2.75) is 39.7 Å². The fourth-order valence-corrected chi connectivity index (χ4v) is 2.85. The molecule has 1 unspecified atom stereocenters. The molecular formula is C17H27N3O. The second-order valence-electron chi connectivity index (χ2n) is 6.69. The van der Waals surface area contributed by atoms with Crippen molar-refractivity contribution < 1.29 is 4.79 Å². The number of benzene rings is 1. The van der Waals surface area contributed by atoms with E-state index in [1.165, 1.54) is 5.56 Å². The molecule has 0 spiro atoms. The van der Waals surface area contributed by atoms with E-state index in [1.807, 2.05) is 12.1 Å². The van der Waals surface area contributed by atoms with Gasteiger partial charge in [-0.3, -0.25) is 9.69 Å². The predicted molar refractivity (Wildman–Crippen MR) is 87.3 cm³/mol. The molecule has 1 fully saturated rings. The summed E-state index contributed by atoms with van der Waals surface area (Å²) in [7, 11) is 0. The van der Waals surface area contributed by atoms with Crippen LogP contribution in [0.3, 0.4) is 0 Å². The first kappa shape index (κ1) is 16.0. The predicted octanol–water partition coefficient (Wildman–Crippen LogP) is 2.25. The molecule has 1 aliphatic rings. The average Bonchev–Trinajstić information content (AvgIpc) is 2.43. The smallest absolute Gasteiger partial charge is 0.238 e. The van der Waals surface area contributed by atoms with Gasteiger partial charge in [-0.15, -0.1) is 0 Å². The van der Waals surface area contributed by atoms with E-state index in [4.69, 9.17) is 5.73 Å². The lowest BCUT2D eigenvalue weighted by atomic mass is 9.80. The van der Waals surface area contributed by atoms with Crippen LogP contribution in [-0.4, -0.2) is 36.5 Å². The monoisotopic (exact) mass is 289 g/mol. The summed E-state index contributed by atoms with van der Waals surface area (Å²) >= 11 is 0. The molecule has 1 saturated heterocycles. The Morgan fingerprint density at radius 3 is 2.62 bits per heavy atom. The topological polar surface area (TPSA) is 58.4 Å². The van der Waals surface area contributed by atoms with Crippen LogP contribution in [0.5, 0.6) is 0 Å². The van der Waals surface area contributed by atoms with Gasteiger partial charge in [-0.25, -0.2) is 0 Å². The van der Waals surface area contributed by atoms with Crippen molar-refractivity contribution >= 4 is 11.6 Å². The minimum absolute atomic E-state index is 0.0468. The number of nitrogens with one attached hydrogen (secondary N) is 1. The number of hydrogen-bond acceptors (Lipinski definition) is 3. The standard InChI is InChI=1S/C17H27N3O/c1-4-13-5-7-14(8-6-13)19-16(21)11-20-10-9-15(18)17(2,3)12-20/h5-8,15H,4,9-12,18H2,1-3H3,(H,19,21). The van der Waals surface area contributed by atoms with Gasteiger partial charge in [-0.05, 0) is 36.0 Å². The van der Waals surface area contributed by atoms with Gasteiger partial charge in [-0.2, -0.15) is 0 Å². The number of anilines is 1. The number of nitrogens with zero attached hydrogens (tertiary/aromatic N) is 1. The number of nitrogens with two attached hydrogens (primary N) is 1. The van der Waals surface area contributed by atoms with E-state index in [-0.39, 0.29) is 17.4 Å². The Balaban J connectivity index is 1.87. The van der Waals surface area contributed by atoms with Crippen molar-refractivity contribution in [3.05, 3.63) is 29.8 Å². The van der Waals surface area contributed by atoms with Crippen LogP contribution in [0.4, 0.5) is 5.69 Å². The van der Waals surface area contributed by atoms with E-state index in [2.05, 4.69) is 43.1 Å². The number of likely N-dealkylation sites (tertiary alicyclic amines) is 1. The van der Waals surface area contributed by atoms with E-state index < -0.39 is 0 Å². The molecule has 0 radical (unpaired) electrons. The van der Waals surface area contributed by atoms with Gasteiger partial charge in [0.2, 0.25) is 5.91 Å². The highest BCUT2D eigenvalue weighted by Crippen LogP contribution is 2.27. The molecular weight excluding hydrogens is 262 g/mol. The zero-order chi connectivity index (χ0) is 15.5. The number of rotatable bonds is 4. The normalized spacial score (nSPS) is 22.0. The van der Waals surface area contributed by atoms with Crippen LogP contribution in [-0.2, 0) is 11.2 Å². The molecule has 4 nitrogen and oxygen atoms in total. The Morgan fingerprint density at radius 1 is 1.38 bits per heavy atom. The highest BCUT2D eigenvalue weighted by Gasteiger charge is 2.33. The molecule has 1 aromatic carbocycles. The van der Waals surface area contributed by atoms with E-state index in [0.29, 0.717) is 6.54 Å². The van der Waals surface area contributed by atoms with Crippen molar-refractivity contribution in [2.24, 2.45) is 11.1 Å². The number of amides is 1. The van der Waals surface area contributed by atoms with Crippen molar-refractivity contribution in [3.8, 4) is 0 Å². The fraction of sp³-hybridized carbons (Fsp3) is 0.588. The number of piperidine rings is 1. The minimum Gasteiger partial charge on any atom is -0.327 e. The van der Waals surface area contributed by atoms with Crippen molar-refractivity contribution in [1.29, 1.82) is 0 Å². The van der Waals surface area contributed by atoms with Gasteiger partial charge in [0.1, 0.15) is 0 Å². The van der Waals surface area contributed by atoms with Crippen molar-refractivity contribution in [1.82, 2.24) is 4.90 Å². The zero-order valence-corrected chi connectivity index (χ0v) is 13.4. The molecule has 1 aromatic rings. The van der Waals surface area contributed by atoms with Crippen LogP contribution in [0.15, 0.2) is 24.3 Å². The molecule has 1 amide bonds. The molecule has 4 heteroatoms. The van der Waals surface area contributed by atoms with Crippen LogP contribution in [0.25, 0.3) is 0 Å². The Labute approximate surface area is 127 Å². The molecule has 1 aliphatic heterocycles. The second-order valence-corrected chi connectivity index (χ2v) is 6.69. The van der Waals surface area contributed by atoms with Gasteiger partial charge in [0, 0.05) is 24.8 Å². The third kappa shape index (κ3) is 4.29. The molecule has 0 bridgehead atoms. The maximum absolute atomic E-state index is 12.1. The summed E-state index contributed by atoms with van der Waals surface area (Å²) in [4.78, 5) is 14.3. The quantitative estimate of drug-likeness (QED) is 0.894. The van der Waals surface area contributed by atoms with Gasteiger partial charge in [0.25, 0.3) is 0 Å². The molecule has 0 aromatic heterocycles. The molecule has 21 heavy (non-hydrogen) atoms. The Kier molecular flexibility index (Phi) is 5.01. The molecule has 3 N–H and O–H groups in total. The zero-order valence-electron chi connectivity index (χ0n) is 13.4. The summed E-state index contributed by atoms with van der Waals surface area (Å²) in [5.74, 6) is 0.0468. The van der Waals surface area contributed by atoms with E-state index in [0.717, 1.165) is 31.6 Å². The largest absolute Gasteiger partial charge is 0.327 e. The third-order valence-electron chi connectivity index (χ3n) is 4.40. The lowest BCUT2D eigenvalue weighted by Gasteiger charge is -2.42. The number of carbonyl (C=O) groups is 1. The average molecular weight is 289 g/mol. The van der Waals surface area contributed by atoms with Gasteiger partial charge >= 0.3 is 0 Å². The first-order valence-electron chi connectivity index (χ1n) is 7.77. The molecule has 1 atom stereocenters. The van der Waals surface area contributed by atoms with Gasteiger partial charge < -0.3 is 11.1 Å². The van der Waals surface area contributed by atoms with Crippen LogP contribution >= 0.6 is 0 Å². The number of hydrogen-bond donors (Lipinski definition) is 2. The molecule has 1 heterocycles. The third-order valence-corrected chi connectivity index (χ3v) is 4.40. The van der Waals surface area contributed by atoms with Crippen LogP contribution < -0.4 is 11.1 Å². The molecule has 0 saturated carbocycles. The summed E-state index contributed by atoms with van der Waals surface area (Å²) in [6, 6.07) is 8.26. The van der Waals surface area contributed by atoms with E-state index in [9.17, 15) is 4.79 Å². The lowest BCUT2D eigenvalue weighted by molar-refractivity contribution is -0.118. The van der Waals surface area contributed by atoms with Crippen LogP contribution in [0.1, 0.15) is 32.8 Å². The summed E-state index contributed by atoms with van der Waals surface area (Å²) < 4.78 is 0. The Morgan fingerprint density at radius 2 is 2.05 bits per heavy atom. The summed E-state index contributed by atoms with van der Waals surface area (Å²) in [5.41, 5.74) is 8.34. The fourth-order valence-electron chi connectivity index (χ4n) is 2.85. The molecule has 2 rings (SSSR count). The maximum Gasteiger partial charge on any atom is 0.238 e. The van der Waals surface area contributed by atoms with Crippen molar-refractivity contribution in [3.63, 3.8) is 0 Å². The van der Waals surface area contributed by atoms with Crippen molar-refractivity contribution in [2.75, 3.05) is 25.0 Å². The maximum atomic E-state index is 12.1. The number of carbonyl (C=O) groups excluding carboxylic acids is 1. The van der Waals surface area contributed by atoms with Gasteiger partial charge in [0.05, 0.1) is 6.54 Å². The van der Waals surface area contributed by atoms with Crippen LogP contribution in [0.2, 0.25) is 0 Å². The summed E-state index contributed by atoms with van der Waals surface area (Å²) in [6.07, 6.45) is 1.96. The van der Waals surface area contributed by atoms with Gasteiger partial charge in [0.15, 0.2) is 0 Å². The van der Waals surface area contributed by atoms with E-state index in [1.54, 1.807) is 0 Å². The highest BCUT2D eigenvalue weighted by atomic mass is 16.2. The van der Waals surface area contributed by atoms with Gasteiger partial charge in [-0.1, -0.05) is 32.9 Å². The van der Waals surface area contributed by atoms with E-state index >= 15 is 0 Å². The first-order chi connectivity index (χ1) is 9.90. The Hall–Kier alpha value is -1.39.